The molecule has 140 valence electrons. The molecule has 2 aliphatic rings. The van der Waals surface area contributed by atoms with Crippen LogP contribution in [-0.2, 0) is 27.8 Å². The molecular formula is C16H21N5O3S2. The van der Waals surface area contributed by atoms with E-state index in [9.17, 15) is 13.2 Å². The van der Waals surface area contributed by atoms with Gasteiger partial charge in [-0.05, 0) is 25.0 Å². The van der Waals surface area contributed by atoms with Crippen LogP contribution in [0.5, 0.6) is 0 Å². The number of carbonyl (C=O) groups excluding carboxylic acids is 1. The van der Waals surface area contributed by atoms with E-state index in [-0.39, 0.29) is 11.9 Å². The summed E-state index contributed by atoms with van der Waals surface area (Å²) in [4.78, 5) is 14.6. The van der Waals surface area contributed by atoms with Crippen molar-refractivity contribution in [1.82, 2.24) is 24.2 Å². The number of carbonyl (C=O) groups is 1. The molecule has 0 aliphatic carbocycles. The average Bonchev–Trinajstić information content (AvgIpc) is 3.28. The van der Waals surface area contributed by atoms with Crippen molar-refractivity contribution in [2.24, 2.45) is 0 Å². The number of aryl methyl sites for hydroxylation is 1. The number of likely N-dealkylation sites (tertiary alicyclic amines) is 1. The molecule has 0 atom stereocenters. The van der Waals surface area contributed by atoms with Crippen molar-refractivity contribution in [3.8, 4) is 0 Å². The van der Waals surface area contributed by atoms with Crippen LogP contribution in [0, 0.1) is 0 Å². The molecule has 4 heterocycles. The molecule has 26 heavy (non-hydrogen) atoms. The zero-order valence-corrected chi connectivity index (χ0v) is 16.2. The molecule has 0 radical (unpaired) electrons. The van der Waals surface area contributed by atoms with E-state index in [1.165, 1.54) is 15.6 Å². The summed E-state index contributed by atoms with van der Waals surface area (Å²) in [5, 5.41) is 8.25. The standard InChI is InChI=1S/C16H21N5O3S2/c1-2-14-5-6-16(25-14)26(23,24)20-10-13(11-20)21-9-12(17-18-21)8-19-7-3-4-15(19)22/h5-6,9,13H,2-4,7-8,10-11H2,1H3. The van der Waals surface area contributed by atoms with Crippen molar-refractivity contribution in [2.45, 2.75) is 43.0 Å². The summed E-state index contributed by atoms with van der Waals surface area (Å²) in [5.74, 6) is 0.155. The van der Waals surface area contributed by atoms with Crippen molar-refractivity contribution in [3.63, 3.8) is 0 Å². The van der Waals surface area contributed by atoms with Crippen LogP contribution in [0.3, 0.4) is 0 Å². The highest BCUT2D eigenvalue weighted by Gasteiger charge is 2.39. The minimum absolute atomic E-state index is 0.00841. The maximum absolute atomic E-state index is 12.6. The predicted molar refractivity (Wildman–Crippen MR) is 96.2 cm³/mol. The fraction of sp³-hybridized carbons (Fsp3) is 0.562. The lowest BCUT2D eigenvalue weighted by molar-refractivity contribution is -0.128. The van der Waals surface area contributed by atoms with Crippen LogP contribution < -0.4 is 0 Å². The molecule has 0 bridgehead atoms. The maximum Gasteiger partial charge on any atom is 0.252 e. The SMILES string of the molecule is CCc1ccc(S(=O)(=O)N2CC(n3cc(CN4CCCC4=O)nn3)C2)s1. The lowest BCUT2D eigenvalue weighted by Crippen LogP contribution is -2.50. The summed E-state index contributed by atoms with van der Waals surface area (Å²) >= 11 is 1.33. The minimum Gasteiger partial charge on any atom is -0.337 e. The first-order chi connectivity index (χ1) is 12.5. The Balaban J connectivity index is 1.38. The molecule has 4 rings (SSSR count). The van der Waals surface area contributed by atoms with Gasteiger partial charge in [-0.1, -0.05) is 12.1 Å². The van der Waals surface area contributed by atoms with Gasteiger partial charge in [0.2, 0.25) is 5.91 Å². The summed E-state index contributed by atoms with van der Waals surface area (Å²) in [5.41, 5.74) is 0.743. The van der Waals surface area contributed by atoms with Gasteiger partial charge in [0.05, 0.1) is 18.8 Å². The van der Waals surface area contributed by atoms with Gasteiger partial charge in [0.25, 0.3) is 10.0 Å². The highest BCUT2D eigenvalue weighted by atomic mass is 32.2. The largest absolute Gasteiger partial charge is 0.337 e. The van der Waals surface area contributed by atoms with Crippen LogP contribution in [0.25, 0.3) is 0 Å². The van der Waals surface area contributed by atoms with Crippen LogP contribution in [0.4, 0.5) is 0 Å². The van der Waals surface area contributed by atoms with Gasteiger partial charge >= 0.3 is 0 Å². The van der Waals surface area contributed by atoms with Crippen LogP contribution in [0.2, 0.25) is 0 Å². The molecule has 0 aromatic carbocycles. The number of rotatable bonds is 6. The number of thiophene rings is 1. The van der Waals surface area contributed by atoms with Crippen molar-refractivity contribution < 1.29 is 13.2 Å². The third-order valence-corrected chi connectivity index (χ3v) is 8.39. The molecule has 0 N–H and O–H groups in total. The number of nitrogens with zero attached hydrogens (tertiary/aromatic N) is 5. The number of aromatic nitrogens is 3. The van der Waals surface area contributed by atoms with E-state index >= 15 is 0 Å². The highest BCUT2D eigenvalue weighted by Crippen LogP contribution is 2.31. The monoisotopic (exact) mass is 395 g/mol. The number of sulfonamides is 1. The molecule has 2 aliphatic heterocycles. The maximum atomic E-state index is 12.6. The summed E-state index contributed by atoms with van der Waals surface area (Å²) in [6, 6.07) is 3.55. The molecule has 0 saturated carbocycles. The Hall–Kier alpha value is -1.78. The second-order valence-corrected chi connectivity index (χ2v) is 9.99. The lowest BCUT2D eigenvalue weighted by Gasteiger charge is -2.37. The molecule has 0 unspecified atom stereocenters. The van der Waals surface area contributed by atoms with Gasteiger partial charge < -0.3 is 4.90 Å². The Kier molecular flexibility index (Phi) is 4.57. The Morgan fingerprint density at radius 3 is 2.77 bits per heavy atom. The van der Waals surface area contributed by atoms with Crippen LogP contribution in [0.15, 0.2) is 22.5 Å². The molecule has 2 aromatic heterocycles. The van der Waals surface area contributed by atoms with E-state index in [4.69, 9.17) is 0 Å². The van der Waals surface area contributed by atoms with Crippen molar-refractivity contribution >= 4 is 27.3 Å². The third kappa shape index (κ3) is 3.17. The summed E-state index contributed by atoms with van der Waals surface area (Å²) in [6.07, 6.45) is 4.15. The zero-order chi connectivity index (χ0) is 18.3. The molecule has 0 spiro atoms. The zero-order valence-electron chi connectivity index (χ0n) is 14.5. The van der Waals surface area contributed by atoms with Gasteiger partial charge in [-0.25, -0.2) is 13.1 Å². The molecule has 1 amide bonds. The van der Waals surface area contributed by atoms with Gasteiger partial charge in [-0.3, -0.25) is 4.79 Å². The van der Waals surface area contributed by atoms with E-state index in [1.54, 1.807) is 15.6 Å². The Morgan fingerprint density at radius 2 is 2.12 bits per heavy atom. The van der Waals surface area contributed by atoms with E-state index in [2.05, 4.69) is 10.3 Å². The quantitative estimate of drug-likeness (QED) is 0.735. The van der Waals surface area contributed by atoms with Crippen LogP contribution >= 0.6 is 11.3 Å². The average molecular weight is 396 g/mol. The molecule has 2 fully saturated rings. The molecule has 2 aromatic rings. The Morgan fingerprint density at radius 1 is 1.31 bits per heavy atom. The molecular weight excluding hydrogens is 374 g/mol. The van der Waals surface area contributed by atoms with Crippen molar-refractivity contribution in [2.75, 3.05) is 19.6 Å². The van der Waals surface area contributed by atoms with E-state index in [0.29, 0.717) is 30.3 Å². The fourth-order valence-electron chi connectivity index (χ4n) is 3.23. The fourth-order valence-corrected chi connectivity index (χ4v) is 6.19. The van der Waals surface area contributed by atoms with Gasteiger partial charge in [-0.15, -0.1) is 16.4 Å². The smallest absolute Gasteiger partial charge is 0.252 e. The van der Waals surface area contributed by atoms with Crippen LogP contribution in [0.1, 0.15) is 36.4 Å². The normalized spacial score (nSPS) is 19.3. The molecule has 8 nitrogen and oxygen atoms in total. The molecule has 10 heteroatoms. The van der Waals surface area contributed by atoms with Crippen molar-refractivity contribution in [1.29, 1.82) is 0 Å². The van der Waals surface area contributed by atoms with Gasteiger partial charge in [0.1, 0.15) is 9.90 Å². The van der Waals surface area contributed by atoms with Gasteiger partial charge in [0.15, 0.2) is 0 Å². The molecule has 2 saturated heterocycles. The minimum atomic E-state index is -3.41. The number of amides is 1. The van der Waals surface area contributed by atoms with Gasteiger partial charge in [-0.2, -0.15) is 4.31 Å². The first kappa shape index (κ1) is 17.6. The Labute approximate surface area is 156 Å². The summed E-state index contributed by atoms with van der Waals surface area (Å²) < 4.78 is 28.9. The Bertz CT molecular complexity index is 914. The van der Waals surface area contributed by atoms with Crippen molar-refractivity contribution in [3.05, 3.63) is 28.9 Å². The van der Waals surface area contributed by atoms with E-state index < -0.39 is 10.0 Å². The predicted octanol–water partition coefficient (Wildman–Crippen LogP) is 1.27. The second kappa shape index (κ2) is 6.75. The number of hydrogen-bond acceptors (Lipinski definition) is 6. The number of hydrogen-bond donors (Lipinski definition) is 0. The second-order valence-electron chi connectivity index (χ2n) is 6.66. The van der Waals surface area contributed by atoms with Crippen LogP contribution in [-0.4, -0.2) is 58.2 Å². The van der Waals surface area contributed by atoms with E-state index in [1.807, 2.05) is 19.2 Å². The van der Waals surface area contributed by atoms with Gasteiger partial charge in [0, 0.05) is 30.9 Å². The van der Waals surface area contributed by atoms with E-state index in [0.717, 1.165) is 30.0 Å². The lowest BCUT2D eigenvalue weighted by atomic mass is 10.2. The topological polar surface area (TPSA) is 88.4 Å². The first-order valence-corrected chi connectivity index (χ1v) is 11.0. The summed E-state index contributed by atoms with van der Waals surface area (Å²) in [6.45, 7) is 4.05. The third-order valence-electron chi connectivity index (χ3n) is 4.86. The first-order valence-electron chi connectivity index (χ1n) is 8.74. The highest BCUT2D eigenvalue weighted by molar-refractivity contribution is 7.91. The summed E-state index contributed by atoms with van der Waals surface area (Å²) in [7, 11) is -3.41.